The van der Waals surface area contributed by atoms with Crippen LogP contribution >= 0.6 is 0 Å². The zero-order chi connectivity index (χ0) is 39.7. The Morgan fingerprint density at radius 2 is 1.15 bits per heavy atom. The quantitative estimate of drug-likeness (QED) is 0.156. The topological polar surface area (TPSA) is 56.5 Å². The first-order valence-electron chi connectivity index (χ1n) is 20.0. The molecule has 11 rings (SSSR count). The van der Waals surface area contributed by atoms with Crippen molar-refractivity contribution in [3.63, 3.8) is 0 Å². The zero-order valence-electron chi connectivity index (χ0n) is 33.3. The van der Waals surface area contributed by atoms with Gasteiger partial charge in [0.15, 0.2) is 11.6 Å². The summed E-state index contributed by atoms with van der Waals surface area (Å²) in [6, 6.07) is 63.3. The second-order valence-electron chi connectivity index (χ2n) is 16.0. The number of hydrogen-bond donors (Lipinski definition) is 0. The van der Waals surface area contributed by atoms with E-state index in [-0.39, 0.29) is 25.5 Å². The third-order valence-electron chi connectivity index (χ3n) is 11.8. The van der Waals surface area contributed by atoms with Crippen LogP contribution in [0.1, 0.15) is 30.5 Å². The minimum atomic E-state index is -0.181. The molecule has 60 heavy (non-hydrogen) atoms. The number of hydrogen-bond acceptors (Lipinski definition) is 4. The first-order valence-corrected chi connectivity index (χ1v) is 20.0. The van der Waals surface area contributed by atoms with Gasteiger partial charge in [-0.05, 0) is 93.5 Å². The average Bonchev–Trinajstić information content (AvgIpc) is 3.73. The van der Waals surface area contributed by atoms with Gasteiger partial charge >= 0.3 is 0 Å². The van der Waals surface area contributed by atoms with Gasteiger partial charge in [-0.25, -0.2) is 4.98 Å². The Kier molecular flexibility index (Phi) is 9.20. The molecule has 1 aliphatic rings. The Morgan fingerprint density at radius 3 is 1.85 bits per heavy atom. The molecule has 0 fully saturated rings. The molecule has 10 aromatic rings. The summed E-state index contributed by atoms with van der Waals surface area (Å²) in [4.78, 5) is 20.1. The first-order chi connectivity index (χ1) is 28.9. The minimum Gasteiger partial charge on any atom is -0.305 e. The van der Waals surface area contributed by atoms with E-state index in [1.165, 1.54) is 27.8 Å². The van der Waals surface area contributed by atoms with Gasteiger partial charge in [-0.2, -0.15) is 9.97 Å². The maximum atomic E-state index is 5.24. The van der Waals surface area contributed by atoms with Crippen molar-refractivity contribution in [3.8, 4) is 73.4 Å². The van der Waals surface area contributed by atoms with Crippen LogP contribution in [0.5, 0.6) is 0 Å². The van der Waals surface area contributed by atoms with Gasteiger partial charge in [0.25, 0.3) is 0 Å². The Balaban J connectivity index is 0.00000433. The van der Waals surface area contributed by atoms with Crippen LogP contribution in [0, 0.1) is 13.0 Å². The van der Waals surface area contributed by atoms with Crippen LogP contribution in [0.4, 0.5) is 0 Å². The predicted molar refractivity (Wildman–Crippen MR) is 240 cm³/mol. The van der Waals surface area contributed by atoms with Crippen LogP contribution < -0.4 is 0 Å². The van der Waals surface area contributed by atoms with E-state index >= 15 is 0 Å². The van der Waals surface area contributed by atoms with Gasteiger partial charge in [0.2, 0.25) is 5.95 Å². The summed E-state index contributed by atoms with van der Waals surface area (Å²) in [5.41, 5.74) is 16.6. The van der Waals surface area contributed by atoms with Crippen LogP contribution in [0.2, 0.25) is 0 Å². The number of rotatable bonds is 6. The van der Waals surface area contributed by atoms with Crippen molar-refractivity contribution in [2.24, 2.45) is 0 Å². The number of nitrogens with zero attached hydrogens (tertiary/aromatic N) is 5. The molecule has 3 aromatic heterocycles. The SMILES string of the molecule is Cc1cc(-c2cc[c-]c(-c3ccccn3)c2)cc(-c2ccc3c(c2)c2cc4c(cc2n3-c2nc(-c3ccccc3)nc(-c3ccccc3)n2)C(C)(C)c2ccccc2-4)c1.[Ir]. The van der Waals surface area contributed by atoms with Crippen LogP contribution in [-0.4, -0.2) is 24.5 Å². The molecule has 0 aliphatic heterocycles. The Hall–Kier alpha value is -6.85. The standard InChI is InChI=1S/C54H38N5.Ir/c1-34-27-40(37-19-14-20-39(29-37)48-23-12-13-26-55-48)30-41(28-34)38-24-25-49-44(31-38)45-32-43-42-21-10-11-22-46(42)54(2,3)47(43)33-50(45)59(49)53-57-51(35-15-6-4-7-16-35)56-52(58-53)36-17-8-5-9-18-36;/h4-19,21-33H,1-3H3;/q-1;. The molecular weight excluding hydrogens is 911 g/mol. The van der Waals surface area contributed by atoms with E-state index in [0.717, 1.165) is 66.4 Å². The third-order valence-corrected chi connectivity index (χ3v) is 11.8. The molecule has 0 saturated carbocycles. The maximum Gasteiger partial charge on any atom is 0.238 e. The molecule has 5 nitrogen and oxygen atoms in total. The van der Waals surface area contributed by atoms with Gasteiger partial charge in [-0.15, -0.1) is 35.4 Å². The second-order valence-corrected chi connectivity index (χ2v) is 16.0. The number of aromatic nitrogens is 5. The van der Waals surface area contributed by atoms with Crippen LogP contribution in [0.15, 0.2) is 176 Å². The smallest absolute Gasteiger partial charge is 0.238 e. The second kappa shape index (κ2) is 14.8. The van der Waals surface area contributed by atoms with Crippen LogP contribution in [0.3, 0.4) is 0 Å². The minimum absolute atomic E-state index is 0. The fourth-order valence-corrected chi connectivity index (χ4v) is 8.94. The van der Waals surface area contributed by atoms with Crippen molar-refractivity contribution in [2.45, 2.75) is 26.2 Å². The predicted octanol–water partition coefficient (Wildman–Crippen LogP) is 13.1. The van der Waals surface area contributed by atoms with E-state index in [1.807, 2.05) is 66.9 Å². The van der Waals surface area contributed by atoms with Gasteiger partial charge in [-0.3, -0.25) is 4.57 Å². The molecule has 0 spiro atoms. The van der Waals surface area contributed by atoms with Gasteiger partial charge in [-0.1, -0.05) is 129 Å². The van der Waals surface area contributed by atoms with E-state index in [4.69, 9.17) is 15.0 Å². The van der Waals surface area contributed by atoms with Gasteiger partial charge in [0.05, 0.1) is 11.0 Å². The molecule has 0 amide bonds. The van der Waals surface area contributed by atoms with Gasteiger partial charge < -0.3 is 4.98 Å². The molecule has 0 bridgehead atoms. The molecule has 3 heterocycles. The summed E-state index contributed by atoms with van der Waals surface area (Å²) < 4.78 is 2.25. The summed E-state index contributed by atoms with van der Waals surface area (Å²) >= 11 is 0. The van der Waals surface area contributed by atoms with Crippen molar-refractivity contribution in [1.82, 2.24) is 24.5 Å². The maximum absolute atomic E-state index is 5.24. The van der Waals surface area contributed by atoms with E-state index in [0.29, 0.717) is 17.6 Å². The molecule has 6 heteroatoms. The molecule has 0 saturated heterocycles. The molecule has 289 valence electrons. The molecular formula is C54H38IrN5-. The fraction of sp³-hybridized carbons (Fsp3) is 0.0741. The van der Waals surface area contributed by atoms with Crippen LogP contribution in [-0.2, 0) is 25.5 Å². The van der Waals surface area contributed by atoms with Crippen molar-refractivity contribution in [3.05, 3.63) is 199 Å². The van der Waals surface area contributed by atoms with E-state index < -0.39 is 0 Å². The number of pyridine rings is 1. The van der Waals surface area contributed by atoms with Crippen molar-refractivity contribution in [2.75, 3.05) is 0 Å². The number of fused-ring (bicyclic) bond motifs is 6. The number of benzene rings is 7. The fourth-order valence-electron chi connectivity index (χ4n) is 8.94. The largest absolute Gasteiger partial charge is 0.305 e. The van der Waals surface area contributed by atoms with E-state index in [9.17, 15) is 0 Å². The third kappa shape index (κ3) is 6.28. The summed E-state index contributed by atoms with van der Waals surface area (Å²) in [6.45, 7) is 6.83. The van der Waals surface area contributed by atoms with Crippen molar-refractivity contribution >= 4 is 21.8 Å². The summed E-state index contributed by atoms with van der Waals surface area (Å²) in [7, 11) is 0. The van der Waals surface area contributed by atoms with E-state index in [2.05, 4.69) is 146 Å². The zero-order valence-corrected chi connectivity index (χ0v) is 35.7. The Bertz CT molecular complexity index is 3190. The molecule has 1 radical (unpaired) electrons. The average molecular weight is 949 g/mol. The van der Waals surface area contributed by atoms with Crippen molar-refractivity contribution < 1.29 is 20.1 Å². The van der Waals surface area contributed by atoms with Gasteiger partial charge in [0.1, 0.15) is 0 Å². The van der Waals surface area contributed by atoms with Crippen molar-refractivity contribution in [1.29, 1.82) is 0 Å². The number of aryl methyl sites for hydroxylation is 1. The summed E-state index contributed by atoms with van der Waals surface area (Å²) in [5, 5.41) is 2.29. The monoisotopic (exact) mass is 949 g/mol. The Labute approximate surface area is 362 Å². The normalized spacial score (nSPS) is 12.6. The molecule has 0 atom stereocenters. The Morgan fingerprint density at radius 1 is 0.500 bits per heavy atom. The molecule has 1 aliphatic carbocycles. The van der Waals surface area contributed by atoms with Crippen LogP contribution in [0.25, 0.3) is 95.2 Å². The molecule has 7 aromatic carbocycles. The molecule has 0 N–H and O–H groups in total. The molecule has 0 unspecified atom stereocenters. The summed E-state index contributed by atoms with van der Waals surface area (Å²) in [5.74, 6) is 1.85. The first kappa shape index (κ1) is 37.4. The van der Waals surface area contributed by atoms with Gasteiger partial charge in [0, 0.05) is 53.6 Å². The van der Waals surface area contributed by atoms with E-state index in [1.54, 1.807) is 0 Å². The summed E-state index contributed by atoms with van der Waals surface area (Å²) in [6.07, 6.45) is 1.83.